The van der Waals surface area contributed by atoms with Crippen molar-refractivity contribution in [2.24, 2.45) is 0 Å². The van der Waals surface area contributed by atoms with Crippen molar-refractivity contribution < 1.29 is 0 Å². The van der Waals surface area contributed by atoms with Crippen LogP contribution in [-0.4, -0.2) is 4.57 Å². The highest BCUT2D eigenvalue weighted by Gasteiger charge is 2.18. The Balaban J connectivity index is 1.04. The highest BCUT2D eigenvalue weighted by atomic mass is 15.1. The third-order valence-electron chi connectivity index (χ3n) is 10.6. The lowest BCUT2D eigenvalue weighted by atomic mass is 9.97. The minimum atomic E-state index is 1.11. The van der Waals surface area contributed by atoms with Crippen molar-refractivity contribution in [1.82, 2.24) is 4.57 Å². The fourth-order valence-corrected chi connectivity index (χ4v) is 7.96. The summed E-state index contributed by atoms with van der Waals surface area (Å²) in [5.74, 6) is 0. The van der Waals surface area contributed by atoms with Gasteiger partial charge >= 0.3 is 0 Å². The lowest BCUT2D eigenvalue weighted by molar-refractivity contribution is 1.19. The first-order chi connectivity index (χ1) is 26.8. The van der Waals surface area contributed by atoms with Gasteiger partial charge in [0.05, 0.1) is 16.7 Å². The normalized spacial score (nSPS) is 11.3. The van der Waals surface area contributed by atoms with E-state index in [0.717, 1.165) is 17.1 Å². The number of rotatable bonds is 7. The molecule has 254 valence electrons. The van der Waals surface area contributed by atoms with E-state index in [2.05, 4.69) is 228 Å². The number of nitrogens with zero attached hydrogens (tertiary/aromatic N) is 2. The number of benzene rings is 9. The first kappa shape index (κ1) is 31.6. The highest BCUT2D eigenvalue weighted by molar-refractivity contribution is 6.10. The molecule has 0 N–H and O–H groups in total. The summed E-state index contributed by atoms with van der Waals surface area (Å²) in [6.45, 7) is 0. The SMILES string of the molecule is c1ccc(-c2cccc(N(c3ccccc3)c3ccccc3-c3ccc(-c4ccc5c(c4)c4ccccc4n5-c4ccc5ccccc5c4)cc3)c2)cc1. The Morgan fingerprint density at radius 1 is 0.315 bits per heavy atom. The fraction of sp³-hybridized carbons (Fsp3) is 0. The molecule has 0 amide bonds. The molecular weight excluding hydrogens is 653 g/mol. The van der Waals surface area contributed by atoms with Crippen LogP contribution in [-0.2, 0) is 0 Å². The lowest BCUT2D eigenvalue weighted by Crippen LogP contribution is -2.11. The van der Waals surface area contributed by atoms with Crippen molar-refractivity contribution in [3.63, 3.8) is 0 Å². The summed E-state index contributed by atoms with van der Waals surface area (Å²) < 4.78 is 2.40. The minimum absolute atomic E-state index is 1.11. The van der Waals surface area contributed by atoms with Gasteiger partial charge in [0.1, 0.15) is 0 Å². The zero-order valence-corrected chi connectivity index (χ0v) is 29.7. The van der Waals surface area contributed by atoms with Crippen LogP contribution in [0.5, 0.6) is 0 Å². The molecule has 0 radical (unpaired) electrons. The van der Waals surface area contributed by atoms with Gasteiger partial charge in [0.25, 0.3) is 0 Å². The Hall–Kier alpha value is -7.16. The van der Waals surface area contributed by atoms with E-state index in [1.807, 2.05) is 0 Å². The lowest BCUT2D eigenvalue weighted by Gasteiger charge is -2.28. The quantitative estimate of drug-likeness (QED) is 0.162. The molecule has 0 fully saturated rings. The summed E-state index contributed by atoms with van der Waals surface area (Å²) in [4.78, 5) is 2.37. The Bertz CT molecular complexity index is 2920. The maximum absolute atomic E-state index is 2.40. The number of hydrogen-bond donors (Lipinski definition) is 0. The van der Waals surface area contributed by atoms with Crippen molar-refractivity contribution in [2.75, 3.05) is 4.90 Å². The largest absolute Gasteiger partial charge is 0.310 e. The van der Waals surface area contributed by atoms with Crippen LogP contribution in [0.15, 0.2) is 218 Å². The van der Waals surface area contributed by atoms with Crippen LogP contribution < -0.4 is 4.90 Å². The van der Waals surface area contributed by atoms with E-state index >= 15 is 0 Å². The third kappa shape index (κ3) is 5.62. The molecule has 1 aromatic heterocycles. The predicted octanol–water partition coefficient (Wildman–Crippen LogP) is 14.4. The van der Waals surface area contributed by atoms with Crippen LogP contribution in [0.1, 0.15) is 0 Å². The van der Waals surface area contributed by atoms with Gasteiger partial charge in [-0.25, -0.2) is 0 Å². The van der Waals surface area contributed by atoms with E-state index in [1.54, 1.807) is 0 Å². The van der Waals surface area contributed by atoms with Gasteiger partial charge in [-0.3, -0.25) is 0 Å². The molecule has 0 bridgehead atoms. The van der Waals surface area contributed by atoms with Gasteiger partial charge in [-0.2, -0.15) is 0 Å². The molecule has 9 aromatic carbocycles. The summed E-state index contributed by atoms with van der Waals surface area (Å²) in [7, 11) is 0. The molecule has 0 saturated heterocycles. The summed E-state index contributed by atoms with van der Waals surface area (Å²) in [5.41, 5.74) is 14.1. The molecule has 2 heteroatoms. The van der Waals surface area contributed by atoms with Gasteiger partial charge < -0.3 is 9.47 Å². The smallest absolute Gasteiger partial charge is 0.0541 e. The maximum atomic E-state index is 2.40. The van der Waals surface area contributed by atoms with Crippen LogP contribution in [0.25, 0.3) is 71.6 Å². The second kappa shape index (κ2) is 13.4. The van der Waals surface area contributed by atoms with E-state index < -0.39 is 0 Å². The molecule has 0 atom stereocenters. The van der Waals surface area contributed by atoms with Gasteiger partial charge in [0, 0.05) is 33.4 Å². The van der Waals surface area contributed by atoms with Crippen molar-refractivity contribution in [3.8, 4) is 39.1 Å². The van der Waals surface area contributed by atoms with Crippen LogP contribution >= 0.6 is 0 Å². The molecule has 2 nitrogen and oxygen atoms in total. The molecule has 10 rings (SSSR count). The number of para-hydroxylation sites is 3. The van der Waals surface area contributed by atoms with Gasteiger partial charge in [0.2, 0.25) is 0 Å². The van der Waals surface area contributed by atoms with Gasteiger partial charge in [-0.05, 0) is 99.3 Å². The van der Waals surface area contributed by atoms with Crippen LogP contribution in [0, 0.1) is 0 Å². The molecular formula is C52H36N2. The summed E-state index contributed by atoms with van der Waals surface area (Å²) >= 11 is 0. The first-order valence-corrected chi connectivity index (χ1v) is 18.5. The Morgan fingerprint density at radius 3 is 1.76 bits per heavy atom. The van der Waals surface area contributed by atoms with Gasteiger partial charge in [-0.15, -0.1) is 0 Å². The van der Waals surface area contributed by atoms with Crippen LogP contribution in [0.2, 0.25) is 0 Å². The molecule has 0 spiro atoms. The number of hydrogen-bond acceptors (Lipinski definition) is 1. The zero-order chi connectivity index (χ0) is 35.8. The number of aromatic nitrogens is 1. The number of fused-ring (bicyclic) bond motifs is 4. The molecule has 54 heavy (non-hydrogen) atoms. The van der Waals surface area contributed by atoms with Crippen molar-refractivity contribution >= 4 is 49.6 Å². The van der Waals surface area contributed by atoms with E-state index in [1.165, 1.54) is 71.6 Å². The third-order valence-corrected chi connectivity index (χ3v) is 10.6. The first-order valence-electron chi connectivity index (χ1n) is 18.5. The average molecular weight is 689 g/mol. The standard InChI is InChI=1S/C52H36N2/c1-3-14-37(15-4-1)42-18-13-21-45(34-42)53(44-19-5-2-6-20-44)50-24-11-9-22-47(50)40-28-26-39(27-29-40)43-31-33-52-49(36-43)48-23-10-12-25-51(48)54(52)46-32-30-38-16-7-8-17-41(38)35-46/h1-36H. The Kier molecular flexibility index (Phi) is 7.85. The van der Waals surface area contributed by atoms with Gasteiger partial charge in [-0.1, -0.05) is 158 Å². The van der Waals surface area contributed by atoms with Gasteiger partial charge in [0.15, 0.2) is 0 Å². The molecule has 0 aliphatic heterocycles. The molecule has 1 heterocycles. The summed E-state index contributed by atoms with van der Waals surface area (Å²) in [6, 6.07) is 78.8. The van der Waals surface area contributed by atoms with E-state index in [-0.39, 0.29) is 0 Å². The number of anilines is 3. The zero-order valence-electron chi connectivity index (χ0n) is 29.7. The predicted molar refractivity (Wildman–Crippen MR) is 229 cm³/mol. The van der Waals surface area contributed by atoms with Crippen molar-refractivity contribution in [3.05, 3.63) is 218 Å². The van der Waals surface area contributed by atoms with E-state index in [4.69, 9.17) is 0 Å². The van der Waals surface area contributed by atoms with E-state index in [9.17, 15) is 0 Å². The minimum Gasteiger partial charge on any atom is -0.310 e. The Morgan fingerprint density at radius 2 is 0.907 bits per heavy atom. The molecule has 0 unspecified atom stereocenters. The second-order valence-corrected chi connectivity index (χ2v) is 13.8. The molecule has 0 aliphatic rings. The Labute approximate surface area is 315 Å². The second-order valence-electron chi connectivity index (χ2n) is 13.8. The average Bonchev–Trinajstić information content (AvgIpc) is 3.58. The van der Waals surface area contributed by atoms with Crippen molar-refractivity contribution in [2.45, 2.75) is 0 Å². The topological polar surface area (TPSA) is 8.17 Å². The fourth-order valence-electron chi connectivity index (χ4n) is 7.96. The molecule has 0 aliphatic carbocycles. The maximum Gasteiger partial charge on any atom is 0.0541 e. The monoisotopic (exact) mass is 688 g/mol. The summed E-state index contributed by atoms with van der Waals surface area (Å²) in [5, 5.41) is 5.00. The molecule has 0 saturated carbocycles. The molecule has 10 aromatic rings. The van der Waals surface area contributed by atoms with Crippen molar-refractivity contribution in [1.29, 1.82) is 0 Å². The highest BCUT2D eigenvalue weighted by Crippen LogP contribution is 2.42. The van der Waals surface area contributed by atoms with Crippen LogP contribution in [0.3, 0.4) is 0 Å². The van der Waals surface area contributed by atoms with E-state index in [0.29, 0.717) is 0 Å². The summed E-state index contributed by atoms with van der Waals surface area (Å²) in [6.07, 6.45) is 0. The van der Waals surface area contributed by atoms with Crippen LogP contribution in [0.4, 0.5) is 17.1 Å².